The number of rotatable bonds is 6. The van der Waals surface area contributed by atoms with E-state index in [2.05, 4.69) is 53.0 Å². The van der Waals surface area contributed by atoms with Crippen LogP contribution in [0, 0.1) is 9.49 Å². The van der Waals surface area contributed by atoms with Crippen molar-refractivity contribution in [1.29, 1.82) is 0 Å². The Morgan fingerprint density at radius 2 is 2.22 bits per heavy atom. The molecule has 100 valence electrons. The predicted molar refractivity (Wildman–Crippen MR) is 87.2 cm³/mol. The molecule has 1 aromatic rings. The van der Waals surface area contributed by atoms with Crippen LogP contribution in [-0.2, 0) is 0 Å². The lowest BCUT2D eigenvalue weighted by Crippen LogP contribution is -2.26. The molecular formula is C15H21ClIN. The van der Waals surface area contributed by atoms with E-state index >= 15 is 0 Å². The fourth-order valence-corrected chi connectivity index (χ4v) is 2.97. The molecule has 0 aliphatic heterocycles. The molecule has 0 aromatic heterocycles. The van der Waals surface area contributed by atoms with Gasteiger partial charge in [0.05, 0.1) is 5.02 Å². The van der Waals surface area contributed by atoms with Crippen molar-refractivity contribution in [3.05, 3.63) is 32.4 Å². The van der Waals surface area contributed by atoms with Crippen LogP contribution < -0.4 is 5.32 Å². The molecule has 0 radical (unpaired) electrons. The van der Waals surface area contributed by atoms with Crippen LogP contribution in [0.25, 0.3) is 0 Å². The number of nitrogens with one attached hydrogen (secondary N) is 1. The van der Waals surface area contributed by atoms with Crippen molar-refractivity contribution in [2.24, 2.45) is 5.92 Å². The first kappa shape index (κ1) is 14.6. The molecule has 0 amide bonds. The Kier molecular flexibility index (Phi) is 5.77. The smallest absolute Gasteiger partial charge is 0.0542 e. The first-order chi connectivity index (χ1) is 8.70. The molecule has 0 saturated heterocycles. The molecule has 1 saturated carbocycles. The summed E-state index contributed by atoms with van der Waals surface area (Å²) in [6.07, 6.45) is 6.67. The summed E-state index contributed by atoms with van der Waals surface area (Å²) in [7, 11) is 0. The summed E-state index contributed by atoms with van der Waals surface area (Å²) in [6.45, 7) is 3.30. The van der Waals surface area contributed by atoms with Gasteiger partial charge in [0.25, 0.3) is 0 Å². The van der Waals surface area contributed by atoms with Gasteiger partial charge in [0.1, 0.15) is 0 Å². The third kappa shape index (κ3) is 3.84. The number of halogens is 2. The van der Waals surface area contributed by atoms with Crippen LogP contribution in [-0.4, -0.2) is 6.54 Å². The molecule has 1 atom stereocenters. The van der Waals surface area contributed by atoms with Crippen molar-refractivity contribution in [2.75, 3.05) is 6.54 Å². The van der Waals surface area contributed by atoms with Gasteiger partial charge in [0, 0.05) is 9.61 Å². The van der Waals surface area contributed by atoms with Crippen LogP contribution in [0.15, 0.2) is 18.2 Å². The zero-order valence-electron chi connectivity index (χ0n) is 10.9. The minimum Gasteiger partial charge on any atom is -0.310 e. The van der Waals surface area contributed by atoms with Gasteiger partial charge >= 0.3 is 0 Å². The molecular weight excluding hydrogens is 357 g/mol. The lowest BCUT2D eigenvalue weighted by atomic mass is 9.79. The number of hydrogen-bond donors (Lipinski definition) is 1. The highest BCUT2D eigenvalue weighted by atomic mass is 127. The van der Waals surface area contributed by atoms with Crippen LogP contribution in [0.1, 0.15) is 50.6 Å². The molecule has 0 heterocycles. The molecule has 1 fully saturated rings. The topological polar surface area (TPSA) is 12.0 Å². The fraction of sp³-hybridized carbons (Fsp3) is 0.600. The summed E-state index contributed by atoms with van der Waals surface area (Å²) < 4.78 is 1.14. The van der Waals surface area contributed by atoms with E-state index in [1.807, 2.05) is 0 Å². The van der Waals surface area contributed by atoms with Crippen LogP contribution >= 0.6 is 34.2 Å². The van der Waals surface area contributed by atoms with Crippen molar-refractivity contribution in [3.63, 3.8) is 0 Å². The lowest BCUT2D eigenvalue weighted by molar-refractivity contribution is 0.261. The van der Waals surface area contributed by atoms with Gasteiger partial charge in [-0.1, -0.05) is 43.9 Å². The predicted octanol–water partition coefficient (Wildman–Crippen LogP) is 5.18. The van der Waals surface area contributed by atoms with E-state index in [0.29, 0.717) is 6.04 Å². The average Bonchev–Trinajstić information content (AvgIpc) is 2.31. The highest BCUT2D eigenvalue weighted by Crippen LogP contribution is 2.35. The maximum atomic E-state index is 6.24. The standard InChI is InChI=1S/C15H21ClIN/c1-2-8-18-15(9-11-4-3-5-11)12-6-7-14(17)13(16)10-12/h6-7,10-11,15,18H,2-5,8-9H2,1H3. The third-order valence-electron chi connectivity index (χ3n) is 3.78. The molecule has 1 nitrogen and oxygen atoms in total. The first-order valence-electron chi connectivity index (χ1n) is 6.89. The number of benzene rings is 1. The van der Waals surface area contributed by atoms with Gasteiger partial charge in [-0.2, -0.15) is 0 Å². The summed E-state index contributed by atoms with van der Waals surface area (Å²) in [5, 5.41) is 4.55. The van der Waals surface area contributed by atoms with Gasteiger partial charge in [-0.25, -0.2) is 0 Å². The van der Waals surface area contributed by atoms with Crippen molar-refractivity contribution in [3.8, 4) is 0 Å². The SMILES string of the molecule is CCCNC(CC1CCC1)c1ccc(I)c(Cl)c1. The Bertz CT molecular complexity index is 390. The van der Waals surface area contributed by atoms with Crippen LogP contribution in [0.2, 0.25) is 5.02 Å². The van der Waals surface area contributed by atoms with Gasteiger partial charge < -0.3 is 5.32 Å². The van der Waals surface area contributed by atoms with Crippen molar-refractivity contribution >= 4 is 34.2 Å². The minimum absolute atomic E-state index is 0.477. The molecule has 1 aliphatic rings. The van der Waals surface area contributed by atoms with E-state index in [1.165, 1.54) is 37.7 Å². The quantitative estimate of drug-likeness (QED) is 0.674. The largest absolute Gasteiger partial charge is 0.310 e. The van der Waals surface area contributed by atoms with Gasteiger partial charge in [0.15, 0.2) is 0 Å². The van der Waals surface area contributed by atoms with Crippen LogP contribution in [0.4, 0.5) is 0 Å². The Hall–Kier alpha value is 0.200. The zero-order chi connectivity index (χ0) is 13.0. The second-order valence-corrected chi connectivity index (χ2v) is 6.78. The van der Waals surface area contributed by atoms with Gasteiger partial charge in [-0.3, -0.25) is 0 Å². The monoisotopic (exact) mass is 377 g/mol. The molecule has 1 aliphatic carbocycles. The molecule has 0 spiro atoms. The molecule has 2 rings (SSSR count). The highest BCUT2D eigenvalue weighted by Gasteiger charge is 2.23. The van der Waals surface area contributed by atoms with Crippen LogP contribution in [0.3, 0.4) is 0 Å². The molecule has 1 unspecified atom stereocenters. The van der Waals surface area contributed by atoms with Crippen molar-refractivity contribution in [2.45, 2.75) is 45.1 Å². The van der Waals surface area contributed by atoms with E-state index in [-0.39, 0.29) is 0 Å². The van der Waals surface area contributed by atoms with Crippen molar-refractivity contribution in [1.82, 2.24) is 5.32 Å². The molecule has 0 bridgehead atoms. The third-order valence-corrected chi connectivity index (χ3v) is 5.35. The molecule has 3 heteroatoms. The average molecular weight is 378 g/mol. The summed E-state index contributed by atoms with van der Waals surface area (Å²) in [5.41, 5.74) is 1.35. The second kappa shape index (κ2) is 7.11. The second-order valence-electron chi connectivity index (χ2n) is 5.21. The summed E-state index contributed by atoms with van der Waals surface area (Å²) >= 11 is 8.53. The maximum Gasteiger partial charge on any atom is 0.0542 e. The van der Waals surface area contributed by atoms with E-state index in [9.17, 15) is 0 Å². The van der Waals surface area contributed by atoms with E-state index in [1.54, 1.807) is 0 Å². The number of hydrogen-bond acceptors (Lipinski definition) is 1. The Labute approximate surface area is 129 Å². The Balaban J connectivity index is 2.07. The zero-order valence-corrected chi connectivity index (χ0v) is 13.8. The minimum atomic E-state index is 0.477. The van der Waals surface area contributed by atoms with E-state index < -0.39 is 0 Å². The molecule has 18 heavy (non-hydrogen) atoms. The van der Waals surface area contributed by atoms with Gasteiger partial charge in [0.2, 0.25) is 0 Å². The fourth-order valence-electron chi connectivity index (χ4n) is 2.45. The van der Waals surface area contributed by atoms with E-state index in [0.717, 1.165) is 21.1 Å². The summed E-state index contributed by atoms with van der Waals surface area (Å²) in [5.74, 6) is 0.914. The van der Waals surface area contributed by atoms with Crippen molar-refractivity contribution < 1.29 is 0 Å². The highest BCUT2D eigenvalue weighted by molar-refractivity contribution is 14.1. The van der Waals surface area contributed by atoms with Gasteiger partial charge in [-0.15, -0.1) is 0 Å². The van der Waals surface area contributed by atoms with Crippen LogP contribution in [0.5, 0.6) is 0 Å². The maximum absolute atomic E-state index is 6.24. The molecule has 1 aromatic carbocycles. The summed E-state index contributed by atoms with van der Waals surface area (Å²) in [6, 6.07) is 6.96. The lowest BCUT2D eigenvalue weighted by Gasteiger charge is -2.30. The molecule has 1 N–H and O–H groups in total. The first-order valence-corrected chi connectivity index (χ1v) is 8.34. The van der Waals surface area contributed by atoms with Gasteiger partial charge in [-0.05, 0) is 65.6 Å². The normalized spacial score (nSPS) is 17.5. The summed E-state index contributed by atoms with van der Waals surface area (Å²) in [4.78, 5) is 0. The van der Waals surface area contributed by atoms with E-state index in [4.69, 9.17) is 11.6 Å². The Morgan fingerprint density at radius 1 is 1.44 bits per heavy atom. The Morgan fingerprint density at radius 3 is 2.78 bits per heavy atom.